The van der Waals surface area contributed by atoms with E-state index in [1.165, 1.54) is 21.8 Å². The van der Waals surface area contributed by atoms with Crippen molar-refractivity contribution in [3.05, 3.63) is 75.3 Å². The largest absolute Gasteiger partial charge is 0.302 e. The van der Waals surface area contributed by atoms with Crippen LogP contribution in [0.2, 0.25) is 5.02 Å². The molecule has 0 radical (unpaired) electrons. The molecule has 6 nitrogen and oxygen atoms in total. The molecule has 0 fully saturated rings. The first-order valence-electron chi connectivity index (χ1n) is 12.2. The topological polar surface area (TPSA) is 79.4 Å². The van der Waals surface area contributed by atoms with E-state index in [4.69, 9.17) is 16.6 Å². The summed E-state index contributed by atoms with van der Waals surface area (Å²) >= 11 is 7.58. The van der Waals surface area contributed by atoms with Crippen molar-refractivity contribution >= 4 is 43.8 Å². The Kier molecular flexibility index (Phi) is 8.19. The third-order valence-electron chi connectivity index (χ3n) is 6.61. The minimum Gasteiger partial charge on any atom is -0.302 e. The molecule has 1 aliphatic rings. The lowest BCUT2D eigenvalue weighted by Gasteiger charge is -2.33. The van der Waals surface area contributed by atoms with Crippen LogP contribution in [0, 0.1) is 5.92 Å². The van der Waals surface area contributed by atoms with Gasteiger partial charge >= 0.3 is 0 Å². The van der Waals surface area contributed by atoms with Crippen molar-refractivity contribution in [2.75, 3.05) is 11.1 Å². The van der Waals surface area contributed by atoms with Gasteiger partial charge in [0.15, 0.2) is 15.0 Å². The minimum atomic E-state index is -3.25. The van der Waals surface area contributed by atoms with Crippen LogP contribution >= 0.6 is 22.9 Å². The Bertz CT molecular complexity index is 1320. The summed E-state index contributed by atoms with van der Waals surface area (Å²) in [4.78, 5) is 21.5. The Hall–Kier alpha value is -2.26. The molecule has 36 heavy (non-hydrogen) atoms. The van der Waals surface area contributed by atoms with Gasteiger partial charge in [-0.3, -0.25) is 9.69 Å². The lowest BCUT2D eigenvalue weighted by molar-refractivity contribution is -0.115. The molecule has 1 aliphatic heterocycles. The lowest BCUT2D eigenvalue weighted by atomic mass is 9.98. The number of amides is 1. The van der Waals surface area contributed by atoms with Gasteiger partial charge in [0.1, 0.15) is 0 Å². The molecular weight excluding hydrogens is 514 g/mol. The summed E-state index contributed by atoms with van der Waals surface area (Å²) < 4.78 is 24.0. The molecule has 3 aromatic rings. The van der Waals surface area contributed by atoms with E-state index in [1.807, 2.05) is 12.1 Å². The molecule has 1 unspecified atom stereocenters. The molecule has 1 amide bonds. The van der Waals surface area contributed by atoms with Gasteiger partial charge in [0.2, 0.25) is 5.91 Å². The molecule has 4 rings (SSSR count). The van der Waals surface area contributed by atoms with Gasteiger partial charge in [0.05, 0.1) is 28.8 Å². The number of carbonyl (C=O) groups excluding carboxylic acids is 1. The third-order valence-corrected chi connectivity index (χ3v) is 9.58. The standard InChI is InChI=1S/C27H32ClN3O3S2/c1-5-36(33,34)22-12-8-20(9-13-22)15-24(32)29-27-30-25-23(35-27)16-31(26(25)17(2)3)18(4)14-19-6-10-21(28)11-7-19/h6-13,17-18,26H,5,14-16H2,1-4H3,(H,29,30,32)/t18-,26?/m0/s1. The zero-order chi connectivity index (χ0) is 26.0. The highest BCUT2D eigenvalue weighted by atomic mass is 35.5. The van der Waals surface area contributed by atoms with Gasteiger partial charge in [-0.1, -0.05) is 56.6 Å². The predicted molar refractivity (Wildman–Crippen MR) is 146 cm³/mol. The molecule has 2 atom stereocenters. The maximum Gasteiger partial charge on any atom is 0.230 e. The minimum absolute atomic E-state index is 0.0518. The molecule has 0 bridgehead atoms. The van der Waals surface area contributed by atoms with E-state index in [9.17, 15) is 13.2 Å². The Balaban J connectivity index is 1.41. The van der Waals surface area contributed by atoms with Crippen LogP contribution in [-0.2, 0) is 34.0 Å². The van der Waals surface area contributed by atoms with Gasteiger partial charge < -0.3 is 5.32 Å². The van der Waals surface area contributed by atoms with Crippen LogP contribution in [-0.4, -0.2) is 36.0 Å². The average Bonchev–Trinajstić information content (AvgIpc) is 3.38. The van der Waals surface area contributed by atoms with E-state index in [2.05, 4.69) is 43.1 Å². The number of thiazole rings is 1. The summed E-state index contributed by atoms with van der Waals surface area (Å²) in [5.41, 5.74) is 3.07. The van der Waals surface area contributed by atoms with Gasteiger partial charge in [0.25, 0.3) is 0 Å². The van der Waals surface area contributed by atoms with Crippen LogP contribution in [0.1, 0.15) is 55.4 Å². The molecule has 2 aromatic carbocycles. The number of aromatic nitrogens is 1. The lowest BCUT2D eigenvalue weighted by Crippen LogP contribution is -2.35. The Morgan fingerprint density at radius 2 is 1.75 bits per heavy atom. The summed E-state index contributed by atoms with van der Waals surface area (Å²) in [7, 11) is -3.25. The van der Waals surface area contributed by atoms with E-state index in [1.54, 1.807) is 31.2 Å². The van der Waals surface area contributed by atoms with E-state index >= 15 is 0 Å². The van der Waals surface area contributed by atoms with Gasteiger partial charge in [-0.15, -0.1) is 11.3 Å². The van der Waals surface area contributed by atoms with Crippen LogP contribution in [0.15, 0.2) is 53.4 Å². The maximum atomic E-state index is 12.7. The number of nitrogens with one attached hydrogen (secondary N) is 1. The Morgan fingerprint density at radius 3 is 2.36 bits per heavy atom. The second-order valence-corrected chi connectivity index (χ2v) is 13.4. The maximum absolute atomic E-state index is 12.7. The smallest absolute Gasteiger partial charge is 0.230 e. The van der Waals surface area contributed by atoms with Crippen molar-refractivity contribution in [1.82, 2.24) is 9.88 Å². The molecule has 9 heteroatoms. The van der Waals surface area contributed by atoms with Crippen LogP contribution in [0.25, 0.3) is 0 Å². The van der Waals surface area contributed by atoms with Crippen molar-refractivity contribution in [1.29, 1.82) is 0 Å². The number of hydrogen-bond acceptors (Lipinski definition) is 6. The van der Waals surface area contributed by atoms with Crippen molar-refractivity contribution < 1.29 is 13.2 Å². The molecule has 1 aromatic heterocycles. The quantitative estimate of drug-likeness (QED) is 0.361. The summed E-state index contributed by atoms with van der Waals surface area (Å²) in [6, 6.07) is 15.1. The summed E-state index contributed by atoms with van der Waals surface area (Å²) in [5, 5.41) is 4.31. The summed E-state index contributed by atoms with van der Waals surface area (Å²) in [5.74, 6) is 0.265. The van der Waals surface area contributed by atoms with Crippen molar-refractivity contribution in [3.63, 3.8) is 0 Å². The van der Waals surface area contributed by atoms with E-state index < -0.39 is 9.84 Å². The van der Waals surface area contributed by atoms with E-state index in [0.29, 0.717) is 17.1 Å². The second-order valence-electron chi connectivity index (χ2n) is 9.64. The summed E-state index contributed by atoms with van der Waals surface area (Å²) in [6.07, 6.45) is 1.09. The first-order valence-corrected chi connectivity index (χ1v) is 15.0. The number of rotatable bonds is 9. The van der Waals surface area contributed by atoms with Crippen LogP contribution < -0.4 is 5.32 Å². The highest BCUT2D eigenvalue weighted by Gasteiger charge is 2.38. The molecule has 1 N–H and O–H groups in total. The third kappa shape index (κ3) is 5.99. The van der Waals surface area contributed by atoms with Gasteiger partial charge in [0, 0.05) is 22.5 Å². The fourth-order valence-corrected chi connectivity index (χ4v) is 6.76. The molecule has 2 heterocycles. The number of anilines is 1. The molecule has 0 saturated heterocycles. The van der Waals surface area contributed by atoms with E-state index in [-0.39, 0.29) is 29.0 Å². The van der Waals surface area contributed by atoms with Crippen LogP contribution in [0.4, 0.5) is 5.13 Å². The fraction of sp³-hybridized carbons (Fsp3) is 0.407. The Labute approximate surface area is 222 Å². The monoisotopic (exact) mass is 545 g/mol. The molecular formula is C27H32ClN3O3S2. The summed E-state index contributed by atoms with van der Waals surface area (Å²) in [6.45, 7) is 9.10. The number of halogens is 1. The molecule has 0 saturated carbocycles. The Morgan fingerprint density at radius 1 is 1.11 bits per heavy atom. The second kappa shape index (κ2) is 11.0. The SMILES string of the molecule is CCS(=O)(=O)c1ccc(CC(=O)Nc2nc3c(s2)CN([C@@H](C)Cc2ccc(Cl)cc2)C3C(C)C)cc1. The van der Waals surface area contributed by atoms with Crippen molar-refractivity contribution in [3.8, 4) is 0 Å². The highest BCUT2D eigenvalue weighted by molar-refractivity contribution is 7.91. The number of benzene rings is 2. The number of fused-ring (bicyclic) bond motifs is 1. The molecule has 0 aliphatic carbocycles. The number of sulfone groups is 1. The zero-order valence-corrected chi connectivity index (χ0v) is 23.4. The van der Waals surface area contributed by atoms with Crippen LogP contribution in [0.5, 0.6) is 0 Å². The zero-order valence-electron chi connectivity index (χ0n) is 21.0. The first kappa shape index (κ1) is 26.8. The number of carbonyl (C=O) groups is 1. The average molecular weight is 546 g/mol. The van der Waals surface area contributed by atoms with Gasteiger partial charge in [-0.05, 0) is 54.7 Å². The van der Waals surface area contributed by atoms with Crippen molar-refractivity contribution in [2.24, 2.45) is 5.92 Å². The first-order chi connectivity index (χ1) is 17.1. The number of hydrogen-bond donors (Lipinski definition) is 1. The van der Waals surface area contributed by atoms with E-state index in [0.717, 1.165) is 29.2 Å². The fourth-order valence-electron chi connectivity index (χ4n) is 4.72. The van der Waals surface area contributed by atoms with Crippen LogP contribution in [0.3, 0.4) is 0 Å². The van der Waals surface area contributed by atoms with Crippen molar-refractivity contribution in [2.45, 2.75) is 64.1 Å². The molecule has 0 spiro atoms. The number of nitrogens with zero attached hydrogens (tertiary/aromatic N) is 2. The highest BCUT2D eigenvalue weighted by Crippen LogP contribution is 2.43. The van der Waals surface area contributed by atoms with Gasteiger partial charge in [-0.25, -0.2) is 13.4 Å². The predicted octanol–water partition coefficient (Wildman–Crippen LogP) is 5.92. The van der Waals surface area contributed by atoms with Gasteiger partial charge in [-0.2, -0.15) is 0 Å². The normalized spacial score (nSPS) is 16.8. The molecule has 192 valence electrons.